The second-order valence-electron chi connectivity index (χ2n) is 4.48. The van der Waals surface area contributed by atoms with Crippen LogP contribution in [0.25, 0.3) is 11.5 Å². The summed E-state index contributed by atoms with van der Waals surface area (Å²) >= 11 is 4.69. The second kappa shape index (κ2) is 5.97. The van der Waals surface area contributed by atoms with Gasteiger partial charge in [0.1, 0.15) is 0 Å². The molecule has 0 saturated heterocycles. The average molecular weight is 354 g/mol. The smallest absolute Gasteiger partial charge is 0.277 e. The summed E-state index contributed by atoms with van der Waals surface area (Å²) < 4.78 is 6.45. The van der Waals surface area contributed by atoms with E-state index in [1.54, 1.807) is 0 Å². The van der Waals surface area contributed by atoms with Crippen molar-refractivity contribution in [3.8, 4) is 11.5 Å². The zero-order chi connectivity index (χ0) is 13.9. The molecule has 1 aromatic carbocycles. The lowest BCUT2D eigenvalue weighted by atomic mass is 10.2. The Morgan fingerprint density at radius 1 is 1.40 bits per heavy atom. The van der Waals surface area contributed by atoms with Gasteiger partial charge in [-0.3, -0.25) is 4.79 Å². The Morgan fingerprint density at radius 3 is 2.95 bits per heavy atom. The summed E-state index contributed by atoms with van der Waals surface area (Å²) in [5.74, 6) is 0.759. The number of halogens is 1. The van der Waals surface area contributed by atoms with E-state index < -0.39 is 0 Å². The Bertz CT molecular complexity index is 628. The largest absolute Gasteiger partial charge is 0.411 e. The lowest BCUT2D eigenvalue weighted by molar-refractivity contribution is -0.118. The van der Waals surface area contributed by atoms with E-state index in [9.17, 15) is 4.79 Å². The second-order valence-corrected chi connectivity index (χ2v) is 6.26. The number of nitrogens with zero attached hydrogens (tertiary/aromatic N) is 2. The van der Waals surface area contributed by atoms with Crippen molar-refractivity contribution in [3.05, 3.63) is 28.7 Å². The van der Waals surface area contributed by atoms with Gasteiger partial charge in [0, 0.05) is 10.5 Å². The van der Waals surface area contributed by atoms with Crippen molar-refractivity contribution in [2.45, 2.75) is 24.1 Å². The fourth-order valence-electron chi connectivity index (χ4n) is 1.64. The van der Waals surface area contributed by atoms with Crippen molar-refractivity contribution in [1.82, 2.24) is 15.5 Å². The first-order valence-electron chi connectivity index (χ1n) is 6.23. The highest BCUT2D eigenvalue weighted by molar-refractivity contribution is 9.10. The van der Waals surface area contributed by atoms with E-state index >= 15 is 0 Å². The monoisotopic (exact) mass is 353 g/mol. The molecule has 104 valence electrons. The molecular weight excluding hydrogens is 342 g/mol. The summed E-state index contributed by atoms with van der Waals surface area (Å²) in [6.45, 7) is 0. The van der Waals surface area contributed by atoms with Crippen LogP contribution < -0.4 is 5.32 Å². The van der Waals surface area contributed by atoms with E-state index in [2.05, 4.69) is 31.4 Å². The van der Waals surface area contributed by atoms with Gasteiger partial charge in [-0.25, -0.2) is 0 Å². The number of nitrogens with one attached hydrogen (secondary N) is 1. The number of thioether (sulfide) groups is 1. The summed E-state index contributed by atoms with van der Waals surface area (Å²) in [7, 11) is 0. The minimum atomic E-state index is 0.0122. The summed E-state index contributed by atoms with van der Waals surface area (Å²) in [4.78, 5) is 11.6. The summed E-state index contributed by atoms with van der Waals surface area (Å²) in [6, 6.07) is 8.00. The molecule has 5 nitrogen and oxygen atoms in total. The van der Waals surface area contributed by atoms with E-state index in [0.29, 0.717) is 22.9 Å². The molecule has 1 aromatic heterocycles. The molecule has 1 heterocycles. The van der Waals surface area contributed by atoms with Crippen molar-refractivity contribution in [2.24, 2.45) is 0 Å². The molecular formula is C13H12BrN3O2S. The van der Waals surface area contributed by atoms with Gasteiger partial charge in [0.2, 0.25) is 11.8 Å². The Labute approximate surface area is 128 Å². The third kappa shape index (κ3) is 3.40. The molecule has 0 atom stereocenters. The third-order valence-electron chi connectivity index (χ3n) is 2.78. The lowest BCUT2D eigenvalue weighted by Crippen LogP contribution is -2.26. The molecule has 0 unspecified atom stereocenters. The lowest BCUT2D eigenvalue weighted by Gasteiger charge is -2.00. The zero-order valence-corrected chi connectivity index (χ0v) is 12.9. The predicted molar refractivity (Wildman–Crippen MR) is 79.3 cm³/mol. The average Bonchev–Trinajstić information content (AvgIpc) is 3.12. The van der Waals surface area contributed by atoms with Crippen LogP contribution in [0.5, 0.6) is 0 Å². The van der Waals surface area contributed by atoms with Crippen LogP contribution in [0.2, 0.25) is 0 Å². The maximum Gasteiger partial charge on any atom is 0.277 e. The van der Waals surface area contributed by atoms with Gasteiger partial charge in [0.25, 0.3) is 5.22 Å². The number of hydrogen-bond donors (Lipinski definition) is 1. The molecule has 1 saturated carbocycles. The number of amides is 1. The minimum absolute atomic E-state index is 0.0122. The normalized spacial score (nSPS) is 14.2. The zero-order valence-electron chi connectivity index (χ0n) is 10.5. The summed E-state index contributed by atoms with van der Waals surface area (Å²) in [6.07, 6.45) is 2.17. The van der Waals surface area contributed by atoms with Crippen molar-refractivity contribution < 1.29 is 9.21 Å². The van der Waals surface area contributed by atoms with Crippen LogP contribution in [-0.4, -0.2) is 27.9 Å². The topological polar surface area (TPSA) is 68.0 Å². The van der Waals surface area contributed by atoms with Gasteiger partial charge in [0.15, 0.2) is 0 Å². The summed E-state index contributed by atoms with van der Waals surface area (Å²) in [5, 5.41) is 11.3. The third-order valence-corrected chi connectivity index (χ3v) is 4.29. The van der Waals surface area contributed by atoms with Gasteiger partial charge in [-0.1, -0.05) is 23.9 Å². The molecule has 0 aliphatic heterocycles. The molecule has 0 radical (unpaired) electrons. The van der Waals surface area contributed by atoms with Crippen LogP contribution in [0.1, 0.15) is 12.8 Å². The van der Waals surface area contributed by atoms with Crippen LogP contribution in [0, 0.1) is 0 Å². The number of carbonyl (C=O) groups excluding carboxylic acids is 1. The van der Waals surface area contributed by atoms with Gasteiger partial charge >= 0.3 is 0 Å². The van der Waals surface area contributed by atoms with Crippen LogP contribution >= 0.6 is 27.7 Å². The Kier molecular flexibility index (Phi) is 4.07. The first-order chi connectivity index (χ1) is 9.72. The Morgan fingerprint density at radius 2 is 2.20 bits per heavy atom. The summed E-state index contributed by atoms with van der Waals surface area (Å²) in [5.41, 5.74) is 0.842. The number of aromatic nitrogens is 2. The molecule has 0 bridgehead atoms. The number of carbonyl (C=O) groups is 1. The molecule has 3 rings (SSSR count). The molecule has 1 aliphatic rings. The maximum atomic E-state index is 11.6. The van der Waals surface area contributed by atoms with Crippen LogP contribution in [0.15, 0.2) is 38.4 Å². The standard InChI is InChI=1S/C13H12BrN3O2S/c14-10-4-2-1-3-9(10)12-16-17-13(19-12)20-7-11(18)15-8-5-6-8/h1-4,8H,5-7H2,(H,15,18). The van der Waals surface area contributed by atoms with Crippen molar-refractivity contribution in [2.75, 3.05) is 5.75 Å². The number of benzene rings is 1. The fourth-order valence-corrected chi connectivity index (χ4v) is 2.66. The molecule has 1 aliphatic carbocycles. The molecule has 0 spiro atoms. The highest BCUT2D eigenvalue weighted by Crippen LogP contribution is 2.29. The SMILES string of the molecule is O=C(CSc1nnc(-c2ccccc2Br)o1)NC1CC1. The van der Waals surface area contributed by atoms with E-state index in [1.165, 1.54) is 11.8 Å². The Hall–Kier alpha value is -1.34. The van der Waals surface area contributed by atoms with Crippen LogP contribution in [0.3, 0.4) is 0 Å². The quantitative estimate of drug-likeness (QED) is 0.837. The molecule has 1 amide bonds. The van der Waals surface area contributed by atoms with Crippen molar-refractivity contribution in [3.63, 3.8) is 0 Å². The first-order valence-corrected chi connectivity index (χ1v) is 8.01. The van der Waals surface area contributed by atoms with Crippen molar-refractivity contribution >= 4 is 33.6 Å². The predicted octanol–water partition coefficient (Wildman–Crippen LogP) is 2.87. The van der Waals surface area contributed by atoms with Gasteiger partial charge in [0.05, 0.1) is 11.3 Å². The molecule has 1 fully saturated rings. The highest BCUT2D eigenvalue weighted by atomic mass is 79.9. The first kappa shape index (κ1) is 13.6. The number of hydrogen-bond acceptors (Lipinski definition) is 5. The number of rotatable bonds is 5. The van der Waals surface area contributed by atoms with Gasteiger partial charge in [-0.2, -0.15) is 0 Å². The van der Waals surface area contributed by atoms with Crippen LogP contribution in [0.4, 0.5) is 0 Å². The van der Waals surface area contributed by atoms with Crippen LogP contribution in [-0.2, 0) is 4.79 Å². The highest BCUT2D eigenvalue weighted by Gasteiger charge is 2.23. The van der Waals surface area contributed by atoms with E-state index in [4.69, 9.17) is 4.42 Å². The molecule has 2 aromatic rings. The Balaban J connectivity index is 1.61. The maximum absolute atomic E-state index is 11.6. The van der Waals surface area contributed by atoms with E-state index in [-0.39, 0.29) is 5.91 Å². The van der Waals surface area contributed by atoms with Gasteiger partial charge < -0.3 is 9.73 Å². The molecule has 1 N–H and O–H groups in total. The molecule has 7 heteroatoms. The molecule has 20 heavy (non-hydrogen) atoms. The van der Waals surface area contributed by atoms with Crippen molar-refractivity contribution in [1.29, 1.82) is 0 Å². The van der Waals surface area contributed by atoms with E-state index in [0.717, 1.165) is 22.9 Å². The fraction of sp³-hybridized carbons (Fsp3) is 0.308. The van der Waals surface area contributed by atoms with Gasteiger partial charge in [-0.05, 0) is 40.9 Å². The van der Waals surface area contributed by atoms with Gasteiger partial charge in [-0.15, -0.1) is 10.2 Å². The van der Waals surface area contributed by atoms with E-state index in [1.807, 2.05) is 24.3 Å². The minimum Gasteiger partial charge on any atom is -0.411 e.